The van der Waals surface area contributed by atoms with E-state index in [2.05, 4.69) is 10.4 Å². The van der Waals surface area contributed by atoms with Crippen molar-refractivity contribution < 1.29 is 9.53 Å². The van der Waals surface area contributed by atoms with E-state index in [1.807, 2.05) is 49.0 Å². The summed E-state index contributed by atoms with van der Waals surface area (Å²) in [4.78, 5) is 17.6. The maximum atomic E-state index is 12.9. The zero-order valence-corrected chi connectivity index (χ0v) is 15.0. The van der Waals surface area contributed by atoms with Gasteiger partial charge in [-0.2, -0.15) is 5.10 Å². The predicted molar refractivity (Wildman–Crippen MR) is 100.0 cm³/mol. The summed E-state index contributed by atoms with van der Waals surface area (Å²) in [6.07, 6.45) is 3.97. The number of hydrogen-bond acceptors (Lipinski definition) is 4. The molecule has 1 fully saturated rings. The van der Waals surface area contributed by atoms with Gasteiger partial charge in [0.1, 0.15) is 0 Å². The van der Waals surface area contributed by atoms with Crippen molar-refractivity contribution >= 4 is 16.8 Å². The van der Waals surface area contributed by atoms with Gasteiger partial charge in [-0.3, -0.25) is 9.48 Å². The van der Waals surface area contributed by atoms with Crippen LogP contribution in [0.3, 0.4) is 0 Å². The lowest BCUT2D eigenvalue weighted by molar-refractivity contribution is 0.0859. The van der Waals surface area contributed by atoms with Gasteiger partial charge in [-0.15, -0.1) is 0 Å². The van der Waals surface area contributed by atoms with Crippen LogP contribution in [0.4, 0.5) is 0 Å². The lowest BCUT2D eigenvalue weighted by atomic mass is 10.0. The quantitative estimate of drug-likeness (QED) is 0.785. The van der Waals surface area contributed by atoms with E-state index in [4.69, 9.17) is 9.72 Å². The van der Waals surface area contributed by atoms with Crippen molar-refractivity contribution in [2.75, 3.05) is 13.2 Å². The molecule has 2 aromatic heterocycles. The maximum absolute atomic E-state index is 12.9. The van der Waals surface area contributed by atoms with Crippen LogP contribution in [-0.4, -0.2) is 39.9 Å². The Labute approximate surface area is 152 Å². The summed E-state index contributed by atoms with van der Waals surface area (Å²) in [5, 5.41) is 8.16. The summed E-state index contributed by atoms with van der Waals surface area (Å²) in [5.74, 6) is -0.0955. The van der Waals surface area contributed by atoms with Gasteiger partial charge in [0.05, 0.1) is 29.1 Å². The summed E-state index contributed by atoms with van der Waals surface area (Å²) in [5.41, 5.74) is 4.14. The lowest BCUT2D eigenvalue weighted by Crippen LogP contribution is -2.31. The van der Waals surface area contributed by atoms with Crippen molar-refractivity contribution in [1.82, 2.24) is 20.1 Å². The highest BCUT2D eigenvalue weighted by molar-refractivity contribution is 6.07. The van der Waals surface area contributed by atoms with Gasteiger partial charge in [-0.1, -0.05) is 18.2 Å². The van der Waals surface area contributed by atoms with Gasteiger partial charge in [0.15, 0.2) is 0 Å². The smallest absolute Gasteiger partial charge is 0.252 e. The topological polar surface area (TPSA) is 69.0 Å². The molecule has 0 radical (unpaired) electrons. The summed E-state index contributed by atoms with van der Waals surface area (Å²) in [7, 11) is 1.90. The molecule has 0 aliphatic carbocycles. The number of hydrogen-bond donors (Lipinski definition) is 1. The molecule has 6 nitrogen and oxygen atoms in total. The van der Waals surface area contributed by atoms with Crippen LogP contribution in [0.2, 0.25) is 0 Å². The van der Waals surface area contributed by atoms with E-state index < -0.39 is 0 Å². The van der Waals surface area contributed by atoms with Gasteiger partial charge in [0.2, 0.25) is 0 Å². The molecule has 1 aromatic carbocycles. The van der Waals surface area contributed by atoms with Gasteiger partial charge in [0, 0.05) is 36.8 Å². The van der Waals surface area contributed by atoms with Crippen LogP contribution in [0.1, 0.15) is 28.9 Å². The molecule has 1 N–H and O–H groups in total. The SMILES string of the molecule is Cc1c(-c2cc(C(=O)NCC3CCCO3)c3ccccc3n2)cnn1C. The molecule has 3 heterocycles. The second kappa shape index (κ2) is 6.88. The number of nitrogens with one attached hydrogen (secondary N) is 1. The molecule has 0 saturated carbocycles. The largest absolute Gasteiger partial charge is 0.376 e. The first kappa shape index (κ1) is 16.7. The second-order valence-electron chi connectivity index (χ2n) is 6.68. The fourth-order valence-corrected chi connectivity index (χ4v) is 3.36. The van der Waals surface area contributed by atoms with Crippen molar-refractivity contribution in [3.63, 3.8) is 0 Å². The summed E-state index contributed by atoms with van der Waals surface area (Å²) in [6, 6.07) is 9.58. The molecule has 1 atom stereocenters. The number of para-hydroxylation sites is 1. The van der Waals surface area contributed by atoms with Crippen LogP contribution in [0, 0.1) is 6.92 Å². The first-order valence-electron chi connectivity index (χ1n) is 8.92. The van der Waals surface area contributed by atoms with E-state index in [9.17, 15) is 4.79 Å². The number of carbonyl (C=O) groups excluding carboxylic acids is 1. The lowest BCUT2D eigenvalue weighted by Gasteiger charge is -2.13. The van der Waals surface area contributed by atoms with E-state index in [-0.39, 0.29) is 12.0 Å². The standard InChI is InChI=1S/C20H22N4O2/c1-13-17(12-22-24(13)2)19-10-16(15-7-3-4-8-18(15)23-19)20(25)21-11-14-6-5-9-26-14/h3-4,7-8,10,12,14H,5-6,9,11H2,1-2H3,(H,21,25). The van der Waals surface area contributed by atoms with Crippen LogP contribution in [0.25, 0.3) is 22.2 Å². The molecular weight excluding hydrogens is 328 g/mol. The van der Waals surface area contributed by atoms with Gasteiger partial charge in [-0.25, -0.2) is 4.98 Å². The molecule has 1 saturated heterocycles. The first-order chi connectivity index (χ1) is 12.6. The third-order valence-electron chi connectivity index (χ3n) is 4.99. The van der Waals surface area contributed by atoms with Crippen LogP contribution < -0.4 is 5.32 Å². The number of rotatable bonds is 4. The number of amides is 1. The molecule has 26 heavy (non-hydrogen) atoms. The Morgan fingerprint density at radius 1 is 1.38 bits per heavy atom. The molecule has 1 aliphatic heterocycles. The molecular formula is C20H22N4O2. The number of carbonyl (C=O) groups is 1. The zero-order chi connectivity index (χ0) is 18.1. The van der Waals surface area contributed by atoms with Crippen LogP contribution >= 0.6 is 0 Å². The number of aromatic nitrogens is 3. The van der Waals surface area contributed by atoms with Crippen molar-refractivity contribution in [3.05, 3.63) is 47.8 Å². The minimum atomic E-state index is -0.0955. The molecule has 3 aromatic rings. The number of fused-ring (bicyclic) bond motifs is 1. The van der Waals surface area contributed by atoms with E-state index in [0.717, 1.165) is 47.3 Å². The molecule has 1 amide bonds. The molecule has 134 valence electrons. The Bertz CT molecular complexity index is 958. The predicted octanol–water partition coefficient (Wildman–Crippen LogP) is 2.85. The number of pyridine rings is 1. The maximum Gasteiger partial charge on any atom is 0.252 e. The van der Waals surface area contributed by atoms with E-state index in [0.29, 0.717) is 12.1 Å². The van der Waals surface area contributed by atoms with Crippen LogP contribution in [-0.2, 0) is 11.8 Å². The monoisotopic (exact) mass is 350 g/mol. The summed E-state index contributed by atoms with van der Waals surface area (Å²) < 4.78 is 7.41. The fourth-order valence-electron chi connectivity index (χ4n) is 3.36. The van der Waals surface area contributed by atoms with Gasteiger partial charge in [0.25, 0.3) is 5.91 Å². The molecule has 6 heteroatoms. The van der Waals surface area contributed by atoms with Crippen molar-refractivity contribution in [2.45, 2.75) is 25.9 Å². The third-order valence-corrected chi connectivity index (χ3v) is 4.99. The highest BCUT2D eigenvalue weighted by atomic mass is 16.5. The van der Waals surface area contributed by atoms with E-state index in [1.54, 1.807) is 6.20 Å². The number of ether oxygens (including phenoxy) is 1. The van der Waals surface area contributed by atoms with Crippen molar-refractivity contribution in [1.29, 1.82) is 0 Å². The van der Waals surface area contributed by atoms with Crippen LogP contribution in [0.5, 0.6) is 0 Å². The number of benzene rings is 1. The average Bonchev–Trinajstić information content (AvgIpc) is 3.29. The Kier molecular flexibility index (Phi) is 4.42. The third kappa shape index (κ3) is 3.08. The van der Waals surface area contributed by atoms with Gasteiger partial charge in [-0.05, 0) is 31.9 Å². The zero-order valence-electron chi connectivity index (χ0n) is 15.0. The summed E-state index contributed by atoms with van der Waals surface area (Å²) >= 11 is 0. The first-order valence-corrected chi connectivity index (χ1v) is 8.92. The molecule has 1 unspecified atom stereocenters. The summed E-state index contributed by atoms with van der Waals surface area (Å²) in [6.45, 7) is 3.32. The minimum absolute atomic E-state index is 0.0955. The average molecular weight is 350 g/mol. The van der Waals surface area contributed by atoms with Gasteiger partial charge >= 0.3 is 0 Å². The Morgan fingerprint density at radius 2 is 2.23 bits per heavy atom. The normalized spacial score (nSPS) is 16.9. The molecule has 0 spiro atoms. The molecule has 4 rings (SSSR count). The van der Waals surface area contributed by atoms with Gasteiger partial charge < -0.3 is 10.1 Å². The van der Waals surface area contributed by atoms with Crippen LogP contribution in [0.15, 0.2) is 36.5 Å². The van der Waals surface area contributed by atoms with E-state index >= 15 is 0 Å². The highest BCUT2D eigenvalue weighted by Crippen LogP contribution is 2.26. The number of aryl methyl sites for hydroxylation is 1. The Hall–Kier alpha value is -2.73. The molecule has 0 bridgehead atoms. The highest BCUT2D eigenvalue weighted by Gasteiger charge is 2.19. The minimum Gasteiger partial charge on any atom is -0.376 e. The van der Waals surface area contributed by atoms with Crippen molar-refractivity contribution in [3.8, 4) is 11.3 Å². The van der Waals surface area contributed by atoms with E-state index in [1.165, 1.54) is 0 Å². The number of nitrogens with zero attached hydrogens (tertiary/aromatic N) is 3. The Balaban J connectivity index is 1.72. The fraction of sp³-hybridized carbons (Fsp3) is 0.350. The Morgan fingerprint density at radius 3 is 2.96 bits per heavy atom. The second-order valence-corrected chi connectivity index (χ2v) is 6.68. The van der Waals surface area contributed by atoms with Crippen molar-refractivity contribution in [2.24, 2.45) is 7.05 Å². The molecule has 1 aliphatic rings.